The van der Waals surface area contributed by atoms with Gasteiger partial charge < -0.3 is 5.32 Å². The number of hydrogen-bond donors (Lipinski definition) is 1. The fourth-order valence-corrected chi connectivity index (χ4v) is 2.09. The van der Waals surface area contributed by atoms with Gasteiger partial charge in [-0.2, -0.15) is 0 Å². The van der Waals surface area contributed by atoms with Gasteiger partial charge in [0.25, 0.3) is 0 Å². The molecule has 0 radical (unpaired) electrons. The number of nitrogens with one attached hydrogen (secondary N) is 1. The Balaban J connectivity index is 2.19. The predicted molar refractivity (Wildman–Crippen MR) is 75.3 cm³/mol. The van der Waals surface area contributed by atoms with Crippen molar-refractivity contribution in [2.24, 2.45) is 0 Å². The van der Waals surface area contributed by atoms with Crippen LogP contribution >= 0.6 is 0 Å². The van der Waals surface area contributed by atoms with E-state index in [1.165, 1.54) is 12.1 Å². The first-order valence-electron chi connectivity index (χ1n) is 6.79. The number of benzene rings is 1. The number of rotatable bonds is 6. The molecule has 1 N–H and O–H groups in total. The maximum atomic E-state index is 13.8. The van der Waals surface area contributed by atoms with E-state index in [0.29, 0.717) is 12.0 Å². The molecule has 1 atom stereocenters. The summed E-state index contributed by atoms with van der Waals surface area (Å²) in [7, 11) is 0. The summed E-state index contributed by atoms with van der Waals surface area (Å²) in [4.78, 5) is 4.32. The number of halogens is 2. The van der Waals surface area contributed by atoms with E-state index < -0.39 is 11.6 Å². The molecular formula is C16H18F2N2. The largest absolute Gasteiger partial charge is 0.308 e. The van der Waals surface area contributed by atoms with E-state index in [1.807, 2.05) is 18.2 Å². The molecule has 0 amide bonds. The first-order chi connectivity index (χ1) is 9.70. The van der Waals surface area contributed by atoms with Crippen molar-refractivity contribution in [3.8, 4) is 0 Å². The Morgan fingerprint density at radius 2 is 2.05 bits per heavy atom. The van der Waals surface area contributed by atoms with Gasteiger partial charge in [0.1, 0.15) is 11.6 Å². The number of aromatic nitrogens is 1. The van der Waals surface area contributed by atoms with Crippen LogP contribution in [-0.2, 0) is 6.42 Å². The molecule has 1 aromatic heterocycles. The summed E-state index contributed by atoms with van der Waals surface area (Å²) in [5.74, 6) is -1.06. The van der Waals surface area contributed by atoms with Gasteiger partial charge in [0.15, 0.2) is 0 Å². The third-order valence-electron chi connectivity index (χ3n) is 3.12. The van der Waals surface area contributed by atoms with E-state index in [9.17, 15) is 8.78 Å². The second-order valence-electron chi connectivity index (χ2n) is 4.70. The first-order valence-corrected chi connectivity index (χ1v) is 6.79. The maximum Gasteiger partial charge on any atom is 0.129 e. The molecule has 2 rings (SSSR count). The lowest BCUT2D eigenvalue weighted by Gasteiger charge is -2.18. The fraction of sp³-hybridized carbons (Fsp3) is 0.312. The zero-order valence-corrected chi connectivity index (χ0v) is 11.4. The van der Waals surface area contributed by atoms with Crippen LogP contribution in [0.5, 0.6) is 0 Å². The van der Waals surface area contributed by atoms with E-state index in [-0.39, 0.29) is 6.04 Å². The second kappa shape index (κ2) is 7.10. The van der Waals surface area contributed by atoms with Crippen molar-refractivity contribution in [3.05, 3.63) is 65.5 Å². The van der Waals surface area contributed by atoms with Crippen molar-refractivity contribution in [2.75, 3.05) is 6.54 Å². The standard InChI is InChI=1S/C16H18F2N2/c1-2-8-19-16(15-5-3-4-9-20-15)10-12-6-7-13(17)11-14(12)18/h3-7,9,11,16,19H,2,8,10H2,1H3. The van der Waals surface area contributed by atoms with Crippen LogP contribution in [0, 0.1) is 11.6 Å². The van der Waals surface area contributed by atoms with Crippen LogP contribution in [0.3, 0.4) is 0 Å². The van der Waals surface area contributed by atoms with E-state index in [4.69, 9.17) is 0 Å². The lowest BCUT2D eigenvalue weighted by atomic mass is 10.0. The summed E-state index contributed by atoms with van der Waals surface area (Å²) in [5, 5.41) is 3.35. The Kier molecular flexibility index (Phi) is 5.18. The molecule has 1 aromatic carbocycles. The highest BCUT2D eigenvalue weighted by Crippen LogP contribution is 2.19. The van der Waals surface area contributed by atoms with Crippen LogP contribution in [0.2, 0.25) is 0 Å². The van der Waals surface area contributed by atoms with Crippen molar-refractivity contribution < 1.29 is 8.78 Å². The zero-order chi connectivity index (χ0) is 14.4. The second-order valence-corrected chi connectivity index (χ2v) is 4.70. The minimum absolute atomic E-state index is 0.0730. The SMILES string of the molecule is CCCNC(Cc1ccc(F)cc1F)c1ccccn1. The summed E-state index contributed by atoms with van der Waals surface area (Å²) in [6, 6.07) is 9.29. The molecule has 0 aliphatic heterocycles. The van der Waals surface area contributed by atoms with E-state index in [2.05, 4.69) is 17.2 Å². The molecule has 0 bridgehead atoms. The van der Waals surface area contributed by atoms with Crippen molar-refractivity contribution >= 4 is 0 Å². The molecule has 0 saturated heterocycles. The Morgan fingerprint density at radius 1 is 1.20 bits per heavy atom. The molecule has 20 heavy (non-hydrogen) atoms. The van der Waals surface area contributed by atoms with E-state index in [1.54, 1.807) is 6.20 Å². The van der Waals surface area contributed by atoms with Gasteiger partial charge in [-0.3, -0.25) is 4.98 Å². The van der Waals surface area contributed by atoms with Gasteiger partial charge in [-0.1, -0.05) is 19.1 Å². The average Bonchev–Trinajstić information content (AvgIpc) is 2.46. The van der Waals surface area contributed by atoms with Crippen LogP contribution in [0.25, 0.3) is 0 Å². The summed E-state index contributed by atoms with van der Waals surface area (Å²) < 4.78 is 26.7. The Bertz CT molecular complexity index is 543. The lowest BCUT2D eigenvalue weighted by Crippen LogP contribution is -2.25. The highest BCUT2D eigenvalue weighted by atomic mass is 19.1. The third-order valence-corrected chi connectivity index (χ3v) is 3.12. The minimum atomic E-state index is -0.554. The summed E-state index contributed by atoms with van der Waals surface area (Å²) >= 11 is 0. The summed E-state index contributed by atoms with van der Waals surface area (Å²) in [6.07, 6.45) is 3.15. The number of nitrogens with zero attached hydrogens (tertiary/aromatic N) is 1. The molecule has 4 heteroatoms. The fourth-order valence-electron chi connectivity index (χ4n) is 2.09. The number of pyridine rings is 1. The van der Waals surface area contributed by atoms with Gasteiger partial charge >= 0.3 is 0 Å². The molecule has 2 nitrogen and oxygen atoms in total. The quantitative estimate of drug-likeness (QED) is 0.871. The average molecular weight is 276 g/mol. The van der Waals surface area contributed by atoms with Crippen LogP contribution in [0.1, 0.15) is 30.6 Å². The monoisotopic (exact) mass is 276 g/mol. The molecule has 0 fully saturated rings. The smallest absolute Gasteiger partial charge is 0.129 e. The molecule has 2 aromatic rings. The molecular weight excluding hydrogens is 258 g/mol. The van der Waals surface area contributed by atoms with Crippen molar-refractivity contribution in [1.29, 1.82) is 0 Å². The predicted octanol–water partition coefficient (Wildman–Crippen LogP) is 3.64. The minimum Gasteiger partial charge on any atom is -0.308 e. The molecule has 0 saturated carbocycles. The topological polar surface area (TPSA) is 24.9 Å². The van der Waals surface area contributed by atoms with Gasteiger partial charge in [0.2, 0.25) is 0 Å². The Morgan fingerprint density at radius 3 is 2.70 bits per heavy atom. The van der Waals surface area contributed by atoms with Crippen LogP contribution in [-0.4, -0.2) is 11.5 Å². The van der Waals surface area contributed by atoms with Crippen molar-refractivity contribution in [1.82, 2.24) is 10.3 Å². The molecule has 106 valence electrons. The normalized spacial score (nSPS) is 12.3. The highest BCUT2D eigenvalue weighted by Gasteiger charge is 2.15. The van der Waals surface area contributed by atoms with Gasteiger partial charge in [-0.05, 0) is 43.1 Å². The Hall–Kier alpha value is -1.81. The van der Waals surface area contributed by atoms with Crippen LogP contribution in [0.15, 0.2) is 42.6 Å². The van der Waals surface area contributed by atoms with Gasteiger partial charge in [0.05, 0.1) is 11.7 Å². The lowest BCUT2D eigenvalue weighted by molar-refractivity contribution is 0.500. The molecule has 0 aliphatic carbocycles. The van der Waals surface area contributed by atoms with Crippen LogP contribution in [0.4, 0.5) is 8.78 Å². The summed E-state index contributed by atoms with van der Waals surface area (Å²) in [6.45, 7) is 2.89. The molecule has 0 aliphatic rings. The zero-order valence-electron chi connectivity index (χ0n) is 11.4. The molecule has 0 spiro atoms. The van der Waals surface area contributed by atoms with Gasteiger partial charge in [-0.25, -0.2) is 8.78 Å². The molecule has 1 unspecified atom stereocenters. The van der Waals surface area contributed by atoms with Crippen LogP contribution < -0.4 is 5.32 Å². The molecule has 1 heterocycles. The van der Waals surface area contributed by atoms with Gasteiger partial charge in [0, 0.05) is 12.3 Å². The summed E-state index contributed by atoms with van der Waals surface area (Å²) in [5.41, 5.74) is 1.36. The Labute approximate surface area is 117 Å². The first kappa shape index (κ1) is 14.6. The van der Waals surface area contributed by atoms with Gasteiger partial charge in [-0.15, -0.1) is 0 Å². The van der Waals surface area contributed by atoms with Crippen molar-refractivity contribution in [2.45, 2.75) is 25.8 Å². The highest BCUT2D eigenvalue weighted by molar-refractivity contribution is 5.22. The third kappa shape index (κ3) is 3.84. The van der Waals surface area contributed by atoms with E-state index in [0.717, 1.165) is 24.7 Å². The maximum absolute atomic E-state index is 13.8. The van der Waals surface area contributed by atoms with Crippen molar-refractivity contribution in [3.63, 3.8) is 0 Å². The van der Waals surface area contributed by atoms with E-state index >= 15 is 0 Å². The number of hydrogen-bond acceptors (Lipinski definition) is 2.